The molecule has 1 unspecified atom stereocenters. The SMILES string of the molecule is CCN(CC)C(=O)C(NC(=O)CC(C)C)C1CCN(C(=O)c2ccco2)CC1. The zero-order valence-electron chi connectivity index (χ0n) is 17.4. The number of furan rings is 1. The second-order valence-electron chi connectivity index (χ2n) is 7.76. The van der Waals surface area contributed by atoms with Gasteiger partial charge in [-0.05, 0) is 50.7 Å². The molecule has 156 valence electrons. The van der Waals surface area contributed by atoms with Gasteiger partial charge in [0.1, 0.15) is 6.04 Å². The van der Waals surface area contributed by atoms with Crippen molar-refractivity contribution in [2.24, 2.45) is 11.8 Å². The Morgan fingerprint density at radius 3 is 2.36 bits per heavy atom. The number of piperidine rings is 1. The van der Waals surface area contributed by atoms with Crippen molar-refractivity contribution in [2.45, 2.75) is 53.0 Å². The third-order valence-corrected chi connectivity index (χ3v) is 5.28. The van der Waals surface area contributed by atoms with Crippen LogP contribution in [0.5, 0.6) is 0 Å². The largest absolute Gasteiger partial charge is 0.459 e. The standard InChI is InChI=1S/C21H33N3O4/c1-5-23(6-2)21(27)19(22-18(25)14-15(3)4)16-9-11-24(12-10-16)20(26)17-8-7-13-28-17/h7-8,13,15-16,19H,5-6,9-12,14H2,1-4H3,(H,22,25). The summed E-state index contributed by atoms with van der Waals surface area (Å²) in [5.41, 5.74) is 0. The van der Waals surface area contributed by atoms with E-state index < -0.39 is 6.04 Å². The molecule has 1 fully saturated rings. The summed E-state index contributed by atoms with van der Waals surface area (Å²) in [6.07, 6.45) is 3.24. The lowest BCUT2D eigenvalue weighted by Crippen LogP contribution is -2.54. The summed E-state index contributed by atoms with van der Waals surface area (Å²) in [5, 5.41) is 2.99. The maximum atomic E-state index is 13.0. The van der Waals surface area contributed by atoms with Crippen molar-refractivity contribution in [3.05, 3.63) is 24.2 Å². The summed E-state index contributed by atoms with van der Waals surface area (Å²) in [4.78, 5) is 41.4. The molecule has 7 heteroatoms. The maximum Gasteiger partial charge on any atom is 0.289 e. The summed E-state index contributed by atoms with van der Waals surface area (Å²) in [5.74, 6) is 0.340. The minimum atomic E-state index is -0.535. The van der Waals surface area contributed by atoms with Crippen LogP contribution >= 0.6 is 0 Å². The molecule has 1 aliphatic heterocycles. The van der Waals surface area contributed by atoms with Gasteiger partial charge in [-0.2, -0.15) is 0 Å². The molecule has 1 aromatic rings. The number of nitrogens with one attached hydrogen (secondary N) is 1. The predicted molar refractivity (Wildman–Crippen MR) is 107 cm³/mol. The number of hydrogen-bond acceptors (Lipinski definition) is 4. The van der Waals surface area contributed by atoms with Gasteiger partial charge in [-0.3, -0.25) is 14.4 Å². The van der Waals surface area contributed by atoms with Crippen LogP contribution in [0.25, 0.3) is 0 Å². The van der Waals surface area contributed by atoms with Crippen molar-refractivity contribution in [3.63, 3.8) is 0 Å². The van der Waals surface area contributed by atoms with E-state index >= 15 is 0 Å². The quantitative estimate of drug-likeness (QED) is 0.738. The number of amides is 3. The van der Waals surface area contributed by atoms with Crippen LogP contribution in [-0.4, -0.2) is 59.7 Å². The zero-order chi connectivity index (χ0) is 20.7. The Morgan fingerprint density at radius 1 is 1.21 bits per heavy atom. The molecule has 2 heterocycles. The highest BCUT2D eigenvalue weighted by Crippen LogP contribution is 2.24. The van der Waals surface area contributed by atoms with Crippen LogP contribution in [0.1, 0.15) is 57.5 Å². The van der Waals surface area contributed by atoms with Crippen LogP contribution in [0.4, 0.5) is 0 Å². The first-order valence-corrected chi connectivity index (χ1v) is 10.3. The Labute approximate surface area is 167 Å². The summed E-state index contributed by atoms with van der Waals surface area (Å²) >= 11 is 0. The molecule has 0 saturated carbocycles. The molecule has 28 heavy (non-hydrogen) atoms. The summed E-state index contributed by atoms with van der Waals surface area (Å²) in [6.45, 7) is 10.2. The third-order valence-electron chi connectivity index (χ3n) is 5.28. The van der Waals surface area contributed by atoms with Crippen LogP contribution in [-0.2, 0) is 9.59 Å². The van der Waals surface area contributed by atoms with Crippen LogP contribution in [0, 0.1) is 11.8 Å². The van der Waals surface area contributed by atoms with Crippen LogP contribution in [0.2, 0.25) is 0 Å². The second-order valence-corrected chi connectivity index (χ2v) is 7.76. The number of nitrogens with zero attached hydrogens (tertiary/aromatic N) is 2. The van der Waals surface area contributed by atoms with Gasteiger partial charge in [0, 0.05) is 32.6 Å². The lowest BCUT2D eigenvalue weighted by atomic mass is 9.88. The summed E-state index contributed by atoms with van der Waals surface area (Å²) < 4.78 is 5.20. The number of likely N-dealkylation sites (N-methyl/N-ethyl adjacent to an activating group) is 1. The van der Waals surface area contributed by atoms with Gasteiger partial charge in [-0.25, -0.2) is 0 Å². The first-order chi connectivity index (χ1) is 13.4. The van der Waals surface area contributed by atoms with E-state index in [4.69, 9.17) is 4.42 Å². The fourth-order valence-electron chi connectivity index (χ4n) is 3.71. The average Bonchev–Trinajstić information content (AvgIpc) is 3.21. The van der Waals surface area contributed by atoms with Crippen molar-refractivity contribution < 1.29 is 18.8 Å². The Bertz CT molecular complexity index is 645. The van der Waals surface area contributed by atoms with Gasteiger partial charge in [0.05, 0.1) is 6.26 Å². The molecule has 0 radical (unpaired) electrons. The number of rotatable bonds is 8. The van der Waals surface area contributed by atoms with Crippen molar-refractivity contribution in [2.75, 3.05) is 26.2 Å². The van der Waals surface area contributed by atoms with Gasteiger partial charge in [0.25, 0.3) is 5.91 Å². The molecule has 7 nitrogen and oxygen atoms in total. The first kappa shape index (κ1) is 22.0. The first-order valence-electron chi connectivity index (χ1n) is 10.3. The number of carbonyl (C=O) groups is 3. The predicted octanol–water partition coefficient (Wildman–Crippen LogP) is 2.53. The number of carbonyl (C=O) groups excluding carboxylic acids is 3. The van der Waals surface area contributed by atoms with E-state index in [1.165, 1.54) is 6.26 Å². The third kappa shape index (κ3) is 5.59. The van der Waals surface area contributed by atoms with E-state index in [0.717, 1.165) is 0 Å². The van der Waals surface area contributed by atoms with E-state index in [9.17, 15) is 14.4 Å². The fourth-order valence-corrected chi connectivity index (χ4v) is 3.71. The molecule has 0 spiro atoms. The molecule has 0 aliphatic carbocycles. The molecule has 3 amide bonds. The molecular weight excluding hydrogens is 358 g/mol. The number of likely N-dealkylation sites (tertiary alicyclic amines) is 1. The maximum absolute atomic E-state index is 13.0. The van der Waals surface area contributed by atoms with E-state index in [1.54, 1.807) is 21.9 Å². The lowest BCUT2D eigenvalue weighted by molar-refractivity contribution is -0.138. The minimum absolute atomic E-state index is 0.0184. The molecule has 1 atom stereocenters. The normalized spacial score (nSPS) is 16.1. The lowest BCUT2D eigenvalue weighted by Gasteiger charge is -2.37. The second kappa shape index (κ2) is 10.3. The highest BCUT2D eigenvalue weighted by molar-refractivity contribution is 5.91. The molecular formula is C21H33N3O4. The van der Waals surface area contributed by atoms with E-state index in [1.807, 2.05) is 27.7 Å². The Balaban J connectivity index is 2.05. The van der Waals surface area contributed by atoms with Crippen molar-refractivity contribution in [1.82, 2.24) is 15.1 Å². The Morgan fingerprint density at radius 2 is 1.86 bits per heavy atom. The average molecular weight is 392 g/mol. The van der Waals surface area contributed by atoms with Crippen LogP contribution < -0.4 is 5.32 Å². The van der Waals surface area contributed by atoms with E-state index in [0.29, 0.717) is 51.2 Å². The number of hydrogen-bond donors (Lipinski definition) is 1. The van der Waals surface area contributed by atoms with Gasteiger partial charge >= 0.3 is 0 Å². The minimum Gasteiger partial charge on any atom is -0.459 e. The highest BCUT2D eigenvalue weighted by atomic mass is 16.3. The monoisotopic (exact) mass is 391 g/mol. The molecule has 1 aliphatic rings. The van der Waals surface area contributed by atoms with Gasteiger partial charge in [0.15, 0.2) is 5.76 Å². The zero-order valence-corrected chi connectivity index (χ0v) is 17.4. The van der Waals surface area contributed by atoms with Gasteiger partial charge < -0.3 is 19.5 Å². The van der Waals surface area contributed by atoms with Gasteiger partial charge in [-0.1, -0.05) is 13.8 Å². The van der Waals surface area contributed by atoms with E-state index in [-0.39, 0.29) is 29.6 Å². The van der Waals surface area contributed by atoms with Crippen molar-refractivity contribution >= 4 is 17.7 Å². The molecule has 1 aromatic heterocycles. The van der Waals surface area contributed by atoms with Gasteiger partial charge in [0.2, 0.25) is 11.8 Å². The Hall–Kier alpha value is -2.31. The summed E-state index contributed by atoms with van der Waals surface area (Å²) in [7, 11) is 0. The molecule has 2 rings (SSSR count). The van der Waals surface area contributed by atoms with Crippen LogP contribution in [0.3, 0.4) is 0 Å². The fraction of sp³-hybridized carbons (Fsp3) is 0.667. The van der Waals surface area contributed by atoms with Crippen molar-refractivity contribution in [1.29, 1.82) is 0 Å². The molecule has 1 N–H and O–H groups in total. The van der Waals surface area contributed by atoms with Gasteiger partial charge in [-0.15, -0.1) is 0 Å². The highest BCUT2D eigenvalue weighted by Gasteiger charge is 2.35. The Kier molecular flexibility index (Phi) is 8.08. The molecule has 0 aromatic carbocycles. The molecule has 0 bridgehead atoms. The summed E-state index contributed by atoms with van der Waals surface area (Å²) in [6, 6.07) is 2.82. The van der Waals surface area contributed by atoms with E-state index in [2.05, 4.69) is 5.32 Å². The van der Waals surface area contributed by atoms with Crippen LogP contribution in [0.15, 0.2) is 22.8 Å². The van der Waals surface area contributed by atoms with Crippen molar-refractivity contribution in [3.8, 4) is 0 Å². The smallest absolute Gasteiger partial charge is 0.289 e. The molecule has 1 saturated heterocycles. The topological polar surface area (TPSA) is 82.9 Å².